The Kier molecular flexibility index (Phi) is 9.60. The highest BCUT2D eigenvalue weighted by Gasteiger charge is 2.48. The van der Waals surface area contributed by atoms with E-state index in [2.05, 4.69) is 34.5 Å². The number of hydrogen-bond acceptors (Lipinski definition) is 10. The largest absolute Gasteiger partial charge is 0.507 e. The van der Waals surface area contributed by atoms with Crippen molar-refractivity contribution >= 4 is 45.7 Å². The fourth-order valence-corrected chi connectivity index (χ4v) is 7.90. The number of anilines is 1. The van der Waals surface area contributed by atoms with E-state index in [9.17, 15) is 14.7 Å². The van der Waals surface area contributed by atoms with Crippen LogP contribution < -0.4 is 19.1 Å². The minimum Gasteiger partial charge on any atom is -0.507 e. The smallest absolute Gasteiger partial charge is 0.301 e. The van der Waals surface area contributed by atoms with Crippen molar-refractivity contribution in [2.45, 2.75) is 56.0 Å². The lowest BCUT2D eigenvalue weighted by atomic mass is 9.94. The van der Waals surface area contributed by atoms with Crippen molar-refractivity contribution in [1.29, 1.82) is 0 Å². The fraction of sp³-hybridized carbons (Fsp3) is 0.231. The fourth-order valence-electron chi connectivity index (χ4n) is 6.08. The van der Waals surface area contributed by atoms with Crippen LogP contribution in [0.15, 0.2) is 101 Å². The summed E-state index contributed by atoms with van der Waals surface area (Å²) in [5.74, 6) is 0.464. The Labute approximate surface area is 298 Å². The van der Waals surface area contributed by atoms with Crippen molar-refractivity contribution < 1.29 is 28.9 Å². The summed E-state index contributed by atoms with van der Waals surface area (Å²) in [7, 11) is 0. The Morgan fingerprint density at radius 1 is 0.960 bits per heavy atom. The van der Waals surface area contributed by atoms with Gasteiger partial charge in [0.15, 0.2) is 15.8 Å². The second-order valence-corrected chi connectivity index (χ2v) is 14.3. The maximum atomic E-state index is 13.9. The molecule has 0 saturated carbocycles. The SMILES string of the molecule is CCOc1cc([C@H]2C(=C(O)c3ccc4c(c3)C[C@H](C)O4)C(=O)C(=O)N2c2nnc(SCc3ccc(C)cc3)s2)ccc1OCc1ccccc1. The van der Waals surface area contributed by atoms with Crippen LogP contribution in [0.5, 0.6) is 17.2 Å². The maximum absolute atomic E-state index is 13.9. The molecule has 0 spiro atoms. The number of aliphatic hydroxyl groups excluding tert-OH is 1. The molecule has 9 nitrogen and oxygen atoms in total. The van der Waals surface area contributed by atoms with Gasteiger partial charge in [-0.1, -0.05) is 89.3 Å². The van der Waals surface area contributed by atoms with Gasteiger partial charge in [0.1, 0.15) is 24.2 Å². The molecule has 0 radical (unpaired) electrons. The molecule has 5 aromatic rings. The summed E-state index contributed by atoms with van der Waals surface area (Å²) >= 11 is 2.72. The summed E-state index contributed by atoms with van der Waals surface area (Å²) in [6.45, 7) is 6.58. The number of fused-ring (bicyclic) bond motifs is 1. The highest BCUT2D eigenvalue weighted by molar-refractivity contribution is 8.00. The van der Waals surface area contributed by atoms with E-state index in [1.807, 2.05) is 57.2 Å². The van der Waals surface area contributed by atoms with Crippen LogP contribution in [0.4, 0.5) is 5.13 Å². The number of amides is 1. The molecular formula is C39H35N3O6S2. The summed E-state index contributed by atoms with van der Waals surface area (Å²) in [5, 5.41) is 20.8. The first-order valence-corrected chi connectivity index (χ1v) is 18.2. The van der Waals surface area contributed by atoms with Gasteiger partial charge in [-0.05, 0) is 73.4 Å². The summed E-state index contributed by atoms with van der Waals surface area (Å²) in [4.78, 5) is 29.2. The molecule has 50 heavy (non-hydrogen) atoms. The molecule has 1 fully saturated rings. The van der Waals surface area contributed by atoms with Crippen LogP contribution in [0.2, 0.25) is 0 Å². The van der Waals surface area contributed by atoms with E-state index in [-0.39, 0.29) is 22.6 Å². The van der Waals surface area contributed by atoms with Crippen LogP contribution in [0.1, 0.15) is 53.3 Å². The van der Waals surface area contributed by atoms with Crippen LogP contribution in [0, 0.1) is 6.92 Å². The minimum atomic E-state index is -1.01. The Bertz CT molecular complexity index is 2080. The lowest BCUT2D eigenvalue weighted by Crippen LogP contribution is -2.29. The van der Waals surface area contributed by atoms with Gasteiger partial charge in [-0.25, -0.2) is 0 Å². The molecule has 0 unspecified atom stereocenters. The number of nitrogens with zero attached hydrogens (tertiary/aromatic N) is 3. The molecule has 1 saturated heterocycles. The van der Waals surface area contributed by atoms with Gasteiger partial charge >= 0.3 is 5.91 Å². The molecule has 1 N–H and O–H groups in total. The van der Waals surface area contributed by atoms with Crippen molar-refractivity contribution in [3.63, 3.8) is 0 Å². The van der Waals surface area contributed by atoms with Crippen LogP contribution in [0.3, 0.4) is 0 Å². The van der Waals surface area contributed by atoms with Gasteiger partial charge in [0.2, 0.25) is 5.13 Å². The van der Waals surface area contributed by atoms with Gasteiger partial charge in [0.25, 0.3) is 5.78 Å². The van der Waals surface area contributed by atoms with Crippen LogP contribution in [0.25, 0.3) is 5.76 Å². The van der Waals surface area contributed by atoms with Gasteiger partial charge in [-0.2, -0.15) is 0 Å². The van der Waals surface area contributed by atoms with Crippen molar-refractivity contribution in [2.75, 3.05) is 11.5 Å². The monoisotopic (exact) mass is 705 g/mol. The number of Topliss-reactive ketones (excluding diaryl/α,β-unsaturated/α-hetero) is 1. The second kappa shape index (κ2) is 14.4. The van der Waals surface area contributed by atoms with E-state index in [0.29, 0.717) is 52.4 Å². The molecule has 11 heteroatoms. The van der Waals surface area contributed by atoms with Gasteiger partial charge in [-0.3, -0.25) is 14.5 Å². The molecule has 4 aromatic carbocycles. The van der Waals surface area contributed by atoms with E-state index >= 15 is 0 Å². The van der Waals surface area contributed by atoms with E-state index in [1.165, 1.54) is 33.6 Å². The highest BCUT2D eigenvalue weighted by atomic mass is 32.2. The third-order valence-corrected chi connectivity index (χ3v) is 10.6. The number of ketones is 1. The topological polar surface area (TPSA) is 111 Å². The quantitative estimate of drug-likeness (QED) is 0.0480. The first kappa shape index (κ1) is 33.4. The summed E-state index contributed by atoms with van der Waals surface area (Å²) in [6.07, 6.45) is 0.674. The Morgan fingerprint density at radius 3 is 2.54 bits per heavy atom. The number of carbonyl (C=O) groups is 2. The number of aromatic nitrogens is 2. The lowest BCUT2D eigenvalue weighted by molar-refractivity contribution is -0.132. The molecule has 1 amide bonds. The normalized spacial score (nSPS) is 17.9. The van der Waals surface area contributed by atoms with Crippen LogP contribution in [-0.2, 0) is 28.4 Å². The number of benzene rings is 4. The first-order valence-electron chi connectivity index (χ1n) is 16.3. The number of hydrogen-bond donors (Lipinski definition) is 1. The van der Waals surface area contributed by atoms with Crippen molar-refractivity contribution in [1.82, 2.24) is 10.2 Å². The molecule has 7 rings (SSSR count). The number of aryl methyl sites for hydroxylation is 1. The Hall–Kier alpha value is -5.13. The average molecular weight is 706 g/mol. The molecule has 1 aromatic heterocycles. The van der Waals surface area contributed by atoms with Crippen molar-refractivity contribution in [2.24, 2.45) is 0 Å². The second-order valence-electron chi connectivity index (χ2n) is 12.2. The summed E-state index contributed by atoms with van der Waals surface area (Å²) < 4.78 is 18.7. The van der Waals surface area contributed by atoms with Gasteiger partial charge < -0.3 is 19.3 Å². The van der Waals surface area contributed by atoms with Crippen molar-refractivity contribution in [3.8, 4) is 17.2 Å². The van der Waals surface area contributed by atoms with E-state index in [1.54, 1.807) is 30.3 Å². The predicted octanol–water partition coefficient (Wildman–Crippen LogP) is 8.07. The van der Waals surface area contributed by atoms with Crippen LogP contribution >= 0.6 is 23.1 Å². The molecule has 3 heterocycles. The molecule has 254 valence electrons. The third-order valence-electron chi connectivity index (χ3n) is 8.52. The average Bonchev–Trinajstić information content (AvgIpc) is 3.82. The van der Waals surface area contributed by atoms with Gasteiger partial charge in [-0.15, -0.1) is 10.2 Å². The number of rotatable bonds is 11. The number of aliphatic hydroxyl groups is 1. The minimum absolute atomic E-state index is 0.00284. The summed E-state index contributed by atoms with van der Waals surface area (Å²) in [6, 6.07) is 27.6. The number of carbonyl (C=O) groups excluding carboxylic acids is 2. The zero-order valence-electron chi connectivity index (χ0n) is 27.8. The van der Waals surface area contributed by atoms with E-state index in [4.69, 9.17) is 14.2 Å². The molecule has 2 aliphatic rings. The zero-order valence-corrected chi connectivity index (χ0v) is 29.4. The summed E-state index contributed by atoms with van der Waals surface area (Å²) in [5.41, 5.74) is 5.14. The van der Waals surface area contributed by atoms with E-state index < -0.39 is 17.7 Å². The van der Waals surface area contributed by atoms with Gasteiger partial charge in [0.05, 0.1) is 18.2 Å². The third kappa shape index (κ3) is 6.83. The zero-order chi connectivity index (χ0) is 34.8. The van der Waals surface area contributed by atoms with E-state index in [0.717, 1.165) is 22.4 Å². The van der Waals surface area contributed by atoms with Crippen molar-refractivity contribution in [3.05, 3.63) is 130 Å². The molecule has 0 bridgehead atoms. The standard InChI is InChI=1S/C39H35N3O6S2/c1-4-46-32-20-27(14-17-31(32)47-21-25-8-6-5-7-9-25)34-33(35(43)28-15-16-30-29(19-28)18-24(3)48-30)36(44)37(45)42(34)38-40-41-39(50-38)49-22-26-12-10-23(2)11-13-26/h5-17,19-20,24,34,43H,4,18,21-22H2,1-3H3/t24-,34-/m0/s1. The first-order chi connectivity index (χ1) is 24.3. The predicted molar refractivity (Wildman–Crippen MR) is 194 cm³/mol. The highest BCUT2D eigenvalue weighted by Crippen LogP contribution is 2.46. The number of thioether (sulfide) groups is 1. The van der Waals surface area contributed by atoms with Crippen LogP contribution in [-0.4, -0.2) is 39.7 Å². The molecular weight excluding hydrogens is 671 g/mol. The van der Waals surface area contributed by atoms with Gasteiger partial charge in [0, 0.05) is 17.7 Å². The Morgan fingerprint density at radius 2 is 1.76 bits per heavy atom. The Balaban J connectivity index is 1.27. The maximum Gasteiger partial charge on any atom is 0.301 e. The molecule has 2 aliphatic heterocycles. The lowest BCUT2D eigenvalue weighted by Gasteiger charge is -2.24. The molecule has 0 aliphatic carbocycles. The number of ether oxygens (including phenoxy) is 3. The molecule has 2 atom stereocenters.